The number of ether oxygens (including phenoxy) is 2. The van der Waals surface area contributed by atoms with Gasteiger partial charge in [-0.05, 0) is 36.2 Å². The third kappa shape index (κ3) is 5.74. The fourth-order valence-corrected chi connectivity index (χ4v) is 3.55. The largest absolute Gasteiger partial charge is 0.433 e. The highest BCUT2D eigenvalue weighted by molar-refractivity contribution is 5.70. The van der Waals surface area contributed by atoms with Crippen LogP contribution >= 0.6 is 0 Å². The lowest BCUT2D eigenvalue weighted by molar-refractivity contribution is -0.141. The first-order chi connectivity index (χ1) is 15.8. The minimum absolute atomic E-state index is 0.0319. The van der Waals surface area contributed by atoms with E-state index in [0.717, 1.165) is 29.0 Å². The van der Waals surface area contributed by atoms with Crippen LogP contribution in [-0.4, -0.2) is 59.5 Å². The van der Waals surface area contributed by atoms with Crippen LogP contribution in [-0.2, 0) is 15.7 Å². The molecule has 0 saturated carbocycles. The summed E-state index contributed by atoms with van der Waals surface area (Å²) in [6, 6.07) is 6.36. The van der Waals surface area contributed by atoms with Crippen LogP contribution in [0.3, 0.4) is 0 Å². The molecule has 4 rings (SSSR count). The summed E-state index contributed by atoms with van der Waals surface area (Å²) in [6.45, 7) is 4.30. The van der Waals surface area contributed by atoms with Crippen LogP contribution in [0.25, 0.3) is 11.1 Å². The summed E-state index contributed by atoms with van der Waals surface area (Å²) in [5.74, 6) is 0.470. The summed E-state index contributed by atoms with van der Waals surface area (Å²) < 4.78 is 49.6. The van der Waals surface area contributed by atoms with Crippen molar-refractivity contribution in [2.45, 2.75) is 19.2 Å². The van der Waals surface area contributed by atoms with Crippen LogP contribution in [0, 0.1) is 6.92 Å². The molecule has 1 N–H and O–H groups in total. The van der Waals surface area contributed by atoms with Gasteiger partial charge in [-0.1, -0.05) is 6.07 Å². The van der Waals surface area contributed by atoms with E-state index in [-0.39, 0.29) is 12.1 Å². The molecule has 3 aromatic rings. The summed E-state index contributed by atoms with van der Waals surface area (Å²) in [4.78, 5) is 18.5. The molecular formula is C22H23F3N6O2. The normalized spacial score (nSPS) is 16.6. The van der Waals surface area contributed by atoms with Gasteiger partial charge in [0, 0.05) is 50.0 Å². The highest BCUT2D eigenvalue weighted by atomic mass is 19.4. The van der Waals surface area contributed by atoms with Crippen molar-refractivity contribution in [2.75, 3.05) is 43.6 Å². The smallest absolute Gasteiger partial charge is 0.382 e. The lowest BCUT2D eigenvalue weighted by Gasteiger charge is -2.32. The number of aryl methyl sites for hydroxylation is 1. The Morgan fingerprint density at radius 3 is 2.67 bits per heavy atom. The second-order valence-electron chi connectivity index (χ2n) is 7.64. The standard InChI is InChI=1S/C22H23F3N6O2/c1-14-7-15(9-17(8-14)29-20-26-4-3-19(30-20)22(23,24)25)16-10-27-21(28-11-16)31-5-6-33-18(12-31)13-32-2/h3-4,7-11,18H,5-6,12-13H2,1-2H3,(H,26,29,30). The molecule has 174 valence electrons. The van der Waals surface area contributed by atoms with Gasteiger partial charge in [0.2, 0.25) is 11.9 Å². The van der Waals surface area contributed by atoms with Crippen LogP contribution < -0.4 is 10.2 Å². The number of nitrogens with one attached hydrogen (secondary N) is 1. The molecule has 1 fully saturated rings. The second kappa shape index (κ2) is 9.67. The average molecular weight is 460 g/mol. The Balaban J connectivity index is 1.52. The molecule has 1 unspecified atom stereocenters. The number of morpholine rings is 1. The molecule has 1 aromatic carbocycles. The van der Waals surface area contributed by atoms with Crippen molar-refractivity contribution in [3.8, 4) is 11.1 Å². The van der Waals surface area contributed by atoms with E-state index in [1.54, 1.807) is 31.6 Å². The first-order valence-electron chi connectivity index (χ1n) is 10.3. The van der Waals surface area contributed by atoms with Crippen molar-refractivity contribution in [3.63, 3.8) is 0 Å². The van der Waals surface area contributed by atoms with Crippen molar-refractivity contribution in [3.05, 3.63) is 54.1 Å². The maximum atomic E-state index is 12.9. The summed E-state index contributed by atoms with van der Waals surface area (Å²) in [7, 11) is 1.64. The predicted octanol–water partition coefficient (Wildman–Crippen LogP) is 3.86. The van der Waals surface area contributed by atoms with E-state index in [2.05, 4.69) is 25.3 Å². The molecule has 0 amide bonds. The second-order valence-corrected chi connectivity index (χ2v) is 7.64. The summed E-state index contributed by atoms with van der Waals surface area (Å²) in [5, 5.41) is 2.85. The van der Waals surface area contributed by atoms with Gasteiger partial charge < -0.3 is 19.7 Å². The van der Waals surface area contributed by atoms with Crippen molar-refractivity contribution < 1.29 is 22.6 Å². The van der Waals surface area contributed by atoms with E-state index in [4.69, 9.17) is 9.47 Å². The predicted molar refractivity (Wildman–Crippen MR) is 116 cm³/mol. The first-order valence-corrected chi connectivity index (χ1v) is 10.3. The van der Waals surface area contributed by atoms with Crippen molar-refractivity contribution in [2.24, 2.45) is 0 Å². The Morgan fingerprint density at radius 2 is 1.94 bits per heavy atom. The number of halogens is 3. The van der Waals surface area contributed by atoms with E-state index >= 15 is 0 Å². The Labute approximate surface area is 188 Å². The molecule has 0 aliphatic carbocycles. The Hall–Kier alpha value is -3.31. The van der Waals surface area contributed by atoms with Gasteiger partial charge in [0.05, 0.1) is 19.3 Å². The Morgan fingerprint density at radius 1 is 1.15 bits per heavy atom. The molecule has 8 nitrogen and oxygen atoms in total. The van der Waals surface area contributed by atoms with Gasteiger partial charge in [-0.25, -0.2) is 19.9 Å². The molecular weight excluding hydrogens is 437 g/mol. The van der Waals surface area contributed by atoms with Crippen LogP contribution in [0.15, 0.2) is 42.9 Å². The number of benzene rings is 1. The minimum atomic E-state index is -4.54. The number of rotatable bonds is 6. The lowest BCUT2D eigenvalue weighted by Crippen LogP contribution is -2.45. The third-order valence-electron chi connectivity index (χ3n) is 5.03. The summed E-state index contributed by atoms with van der Waals surface area (Å²) in [6.07, 6.45) is -0.0504. The molecule has 0 radical (unpaired) electrons. The zero-order chi connectivity index (χ0) is 23.4. The van der Waals surface area contributed by atoms with E-state index in [0.29, 0.717) is 37.9 Å². The van der Waals surface area contributed by atoms with E-state index < -0.39 is 11.9 Å². The highest BCUT2D eigenvalue weighted by Gasteiger charge is 2.32. The van der Waals surface area contributed by atoms with Gasteiger partial charge in [-0.2, -0.15) is 13.2 Å². The third-order valence-corrected chi connectivity index (χ3v) is 5.03. The molecule has 1 atom stereocenters. The van der Waals surface area contributed by atoms with Crippen LogP contribution in [0.5, 0.6) is 0 Å². The molecule has 0 bridgehead atoms. The molecule has 11 heteroatoms. The number of alkyl halides is 3. The molecule has 33 heavy (non-hydrogen) atoms. The Kier molecular flexibility index (Phi) is 6.70. The molecule has 1 aliphatic heterocycles. The van der Waals surface area contributed by atoms with Gasteiger partial charge in [0.25, 0.3) is 0 Å². The number of aromatic nitrogens is 4. The maximum absolute atomic E-state index is 12.9. The van der Waals surface area contributed by atoms with E-state index in [1.165, 1.54) is 0 Å². The average Bonchev–Trinajstić information content (AvgIpc) is 2.79. The molecule has 3 heterocycles. The number of methoxy groups -OCH3 is 1. The van der Waals surface area contributed by atoms with Crippen molar-refractivity contribution >= 4 is 17.6 Å². The van der Waals surface area contributed by atoms with Gasteiger partial charge in [-0.3, -0.25) is 0 Å². The molecule has 2 aromatic heterocycles. The molecule has 0 spiro atoms. The van der Waals surface area contributed by atoms with Crippen LogP contribution in [0.1, 0.15) is 11.3 Å². The van der Waals surface area contributed by atoms with Gasteiger partial charge in [0.15, 0.2) is 0 Å². The lowest BCUT2D eigenvalue weighted by atomic mass is 10.1. The number of hydrogen-bond donors (Lipinski definition) is 1. The van der Waals surface area contributed by atoms with Crippen molar-refractivity contribution in [1.82, 2.24) is 19.9 Å². The topological polar surface area (TPSA) is 85.3 Å². The maximum Gasteiger partial charge on any atom is 0.433 e. The summed E-state index contributed by atoms with van der Waals surface area (Å²) in [5.41, 5.74) is 2.05. The minimum Gasteiger partial charge on any atom is -0.382 e. The number of hydrogen-bond acceptors (Lipinski definition) is 8. The zero-order valence-electron chi connectivity index (χ0n) is 18.1. The van der Waals surface area contributed by atoms with E-state index in [9.17, 15) is 13.2 Å². The van der Waals surface area contributed by atoms with Crippen molar-refractivity contribution in [1.29, 1.82) is 0 Å². The molecule has 1 saturated heterocycles. The van der Waals surface area contributed by atoms with Crippen LogP contribution in [0.2, 0.25) is 0 Å². The van der Waals surface area contributed by atoms with Crippen LogP contribution in [0.4, 0.5) is 30.8 Å². The number of nitrogens with zero attached hydrogens (tertiary/aromatic N) is 5. The fourth-order valence-electron chi connectivity index (χ4n) is 3.55. The number of anilines is 3. The van der Waals surface area contributed by atoms with E-state index in [1.807, 2.05) is 17.9 Å². The van der Waals surface area contributed by atoms with Gasteiger partial charge >= 0.3 is 6.18 Å². The highest BCUT2D eigenvalue weighted by Crippen LogP contribution is 2.29. The van der Waals surface area contributed by atoms with Gasteiger partial charge in [-0.15, -0.1) is 0 Å². The summed E-state index contributed by atoms with van der Waals surface area (Å²) >= 11 is 0. The SMILES string of the molecule is COCC1CN(c2ncc(-c3cc(C)cc(Nc4nccc(C(F)(F)F)n4)c3)cn2)CCO1. The molecule has 1 aliphatic rings. The fraction of sp³-hybridized carbons (Fsp3) is 0.364. The quantitative estimate of drug-likeness (QED) is 0.594. The van der Waals surface area contributed by atoms with Gasteiger partial charge in [0.1, 0.15) is 5.69 Å². The first kappa shape index (κ1) is 22.9. The Bertz CT molecular complexity index is 1090. The monoisotopic (exact) mass is 460 g/mol. The zero-order valence-corrected chi connectivity index (χ0v) is 18.1.